The molecule has 2 N–H and O–H groups in total. The highest BCUT2D eigenvalue weighted by Gasteiger charge is 2.12. The third kappa shape index (κ3) is 2.12. The van der Waals surface area contributed by atoms with Gasteiger partial charge >= 0.3 is 0 Å². The predicted molar refractivity (Wildman–Crippen MR) is 62.8 cm³/mol. The molecule has 1 unspecified atom stereocenters. The molecule has 2 heterocycles. The first kappa shape index (κ1) is 10.8. The molecule has 0 aromatic carbocycles. The van der Waals surface area contributed by atoms with Crippen LogP contribution in [-0.4, -0.2) is 14.5 Å². The first-order valence-electron chi connectivity index (χ1n) is 5.31. The van der Waals surface area contributed by atoms with Crippen molar-refractivity contribution in [1.82, 2.24) is 14.5 Å². The molecule has 4 nitrogen and oxygen atoms in total. The maximum Gasteiger partial charge on any atom is 0.110 e. The lowest BCUT2D eigenvalue weighted by molar-refractivity contribution is 0.654. The van der Waals surface area contributed by atoms with Gasteiger partial charge in [0.25, 0.3) is 0 Å². The highest BCUT2D eigenvalue weighted by Crippen LogP contribution is 2.17. The predicted octanol–water partition coefficient (Wildman–Crippen LogP) is 1.37. The topological polar surface area (TPSA) is 56.7 Å². The standard InChI is InChI=1S/C12H16N4/c1-9-3-4-14-8-10(9)11(13)7-12-15-5-6-16(12)2/h3-6,8,11H,7,13H2,1-2H3. The molecule has 16 heavy (non-hydrogen) atoms. The Balaban J connectivity index is 2.18. The molecule has 0 saturated carbocycles. The van der Waals surface area contributed by atoms with Crippen molar-refractivity contribution in [3.05, 3.63) is 47.8 Å². The van der Waals surface area contributed by atoms with Gasteiger partial charge in [0.15, 0.2) is 0 Å². The van der Waals surface area contributed by atoms with Gasteiger partial charge in [0, 0.05) is 44.3 Å². The van der Waals surface area contributed by atoms with Gasteiger partial charge < -0.3 is 10.3 Å². The smallest absolute Gasteiger partial charge is 0.110 e. The molecule has 0 bridgehead atoms. The summed E-state index contributed by atoms with van der Waals surface area (Å²) < 4.78 is 1.99. The van der Waals surface area contributed by atoms with Gasteiger partial charge in [-0.25, -0.2) is 4.98 Å². The van der Waals surface area contributed by atoms with Crippen LogP contribution >= 0.6 is 0 Å². The number of nitrogens with zero attached hydrogens (tertiary/aromatic N) is 3. The minimum atomic E-state index is -0.0465. The van der Waals surface area contributed by atoms with E-state index in [1.807, 2.05) is 30.1 Å². The molecule has 1 atom stereocenters. The lowest BCUT2D eigenvalue weighted by Crippen LogP contribution is -2.17. The van der Waals surface area contributed by atoms with Crippen LogP contribution in [0.2, 0.25) is 0 Å². The van der Waals surface area contributed by atoms with E-state index in [0.29, 0.717) is 0 Å². The average Bonchev–Trinajstić information content (AvgIpc) is 2.65. The molecular weight excluding hydrogens is 200 g/mol. The van der Waals surface area contributed by atoms with Gasteiger partial charge in [0.05, 0.1) is 0 Å². The van der Waals surface area contributed by atoms with E-state index in [4.69, 9.17) is 5.73 Å². The maximum absolute atomic E-state index is 6.16. The molecule has 0 radical (unpaired) electrons. The van der Waals surface area contributed by atoms with Gasteiger partial charge in [-0.3, -0.25) is 4.98 Å². The Morgan fingerprint density at radius 3 is 2.88 bits per heavy atom. The Morgan fingerprint density at radius 1 is 1.44 bits per heavy atom. The third-order valence-corrected chi connectivity index (χ3v) is 2.80. The van der Waals surface area contributed by atoms with E-state index in [-0.39, 0.29) is 6.04 Å². The van der Waals surface area contributed by atoms with E-state index in [9.17, 15) is 0 Å². The van der Waals surface area contributed by atoms with Crippen LogP contribution in [-0.2, 0) is 13.5 Å². The summed E-state index contributed by atoms with van der Waals surface area (Å²) in [6.07, 6.45) is 8.07. The van der Waals surface area contributed by atoms with Crippen molar-refractivity contribution in [3.63, 3.8) is 0 Å². The fourth-order valence-corrected chi connectivity index (χ4v) is 1.76. The van der Waals surface area contributed by atoms with Crippen LogP contribution in [0.5, 0.6) is 0 Å². The Labute approximate surface area is 95.1 Å². The third-order valence-electron chi connectivity index (χ3n) is 2.80. The van der Waals surface area contributed by atoms with Crippen molar-refractivity contribution < 1.29 is 0 Å². The summed E-state index contributed by atoms with van der Waals surface area (Å²) in [6.45, 7) is 2.05. The summed E-state index contributed by atoms with van der Waals surface area (Å²) in [5.41, 5.74) is 8.43. The molecule has 0 aliphatic carbocycles. The first-order valence-corrected chi connectivity index (χ1v) is 5.31. The minimum Gasteiger partial charge on any atom is -0.338 e. The first-order chi connectivity index (χ1) is 7.68. The second-order valence-corrected chi connectivity index (χ2v) is 4.00. The second-order valence-electron chi connectivity index (χ2n) is 4.00. The molecule has 4 heteroatoms. The van der Waals surface area contributed by atoms with Crippen molar-refractivity contribution in [2.75, 3.05) is 0 Å². The van der Waals surface area contributed by atoms with Crippen LogP contribution in [0, 0.1) is 6.92 Å². The number of aromatic nitrogens is 3. The van der Waals surface area contributed by atoms with Crippen LogP contribution in [0.1, 0.15) is 23.0 Å². The van der Waals surface area contributed by atoms with Crippen LogP contribution in [0.15, 0.2) is 30.9 Å². The zero-order chi connectivity index (χ0) is 11.5. The lowest BCUT2D eigenvalue weighted by Gasteiger charge is -2.13. The number of hydrogen-bond acceptors (Lipinski definition) is 3. The number of pyridine rings is 1. The van der Waals surface area contributed by atoms with Gasteiger partial charge in [-0.1, -0.05) is 0 Å². The summed E-state index contributed by atoms with van der Waals surface area (Å²) in [7, 11) is 1.98. The monoisotopic (exact) mass is 216 g/mol. The van der Waals surface area contributed by atoms with E-state index >= 15 is 0 Å². The zero-order valence-electron chi connectivity index (χ0n) is 9.59. The number of imidazole rings is 1. The SMILES string of the molecule is Cc1ccncc1C(N)Cc1nccn1C. The van der Waals surface area contributed by atoms with Crippen LogP contribution in [0.25, 0.3) is 0 Å². The van der Waals surface area contributed by atoms with Gasteiger partial charge in [0.1, 0.15) is 5.82 Å². The van der Waals surface area contributed by atoms with Crippen molar-refractivity contribution in [2.45, 2.75) is 19.4 Å². The summed E-state index contributed by atoms with van der Waals surface area (Å²) in [6, 6.07) is 1.93. The summed E-state index contributed by atoms with van der Waals surface area (Å²) in [4.78, 5) is 8.38. The molecular formula is C12H16N4. The highest BCUT2D eigenvalue weighted by molar-refractivity contribution is 5.25. The number of aryl methyl sites for hydroxylation is 2. The molecule has 0 fully saturated rings. The van der Waals surface area contributed by atoms with E-state index in [1.54, 1.807) is 12.4 Å². The van der Waals surface area contributed by atoms with Crippen LogP contribution in [0.4, 0.5) is 0 Å². The summed E-state index contributed by atoms with van der Waals surface area (Å²) >= 11 is 0. The summed E-state index contributed by atoms with van der Waals surface area (Å²) in [5.74, 6) is 0.996. The van der Waals surface area contributed by atoms with E-state index in [1.165, 1.54) is 5.56 Å². The van der Waals surface area contributed by atoms with E-state index < -0.39 is 0 Å². The fraction of sp³-hybridized carbons (Fsp3) is 0.333. The largest absolute Gasteiger partial charge is 0.338 e. The van der Waals surface area contributed by atoms with Crippen molar-refractivity contribution in [2.24, 2.45) is 12.8 Å². The Morgan fingerprint density at radius 2 is 2.25 bits per heavy atom. The van der Waals surface area contributed by atoms with Gasteiger partial charge in [-0.2, -0.15) is 0 Å². The van der Waals surface area contributed by atoms with Crippen molar-refractivity contribution >= 4 is 0 Å². The molecule has 0 amide bonds. The lowest BCUT2D eigenvalue weighted by atomic mass is 10.0. The minimum absolute atomic E-state index is 0.0465. The Hall–Kier alpha value is -1.68. The molecule has 84 valence electrons. The molecule has 0 aliphatic rings. The van der Waals surface area contributed by atoms with Crippen LogP contribution in [0.3, 0.4) is 0 Å². The Kier molecular flexibility index (Phi) is 3.01. The van der Waals surface area contributed by atoms with E-state index in [2.05, 4.69) is 16.9 Å². The Bertz CT molecular complexity index is 475. The normalized spacial score (nSPS) is 12.7. The molecule has 0 spiro atoms. The molecule has 2 rings (SSSR count). The quantitative estimate of drug-likeness (QED) is 0.843. The van der Waals surface area contributed by atoms with Crippen LogP contribution < -0.4 is 5.73 Å². The number of nitrogens with two attached hydrogens (primary N) is 1. The molecule has 2 aromatic rings. The molecule has 2 aromatic heterocycles. The number of hydrogen-bond donors (Lipinski definition) is 1. The zero-order valence-corrected chi connectivity index (χ0v) is 9.59. The second kappa shape index (κ2) is 4.45. The maximum atomic E-state index is 6.16. The highest BCUT2D eigenvalue weighted by atomic mass is 15.0. The van der Waals surface area contributed by atoms with Crippen molar-refractivity contribution in [1.29, 1.82) is 0 Å². The molecule has 0 aliphatic heterocycles. The van der Waals surface area contributed by atoms with Gasteiger partial charge in [0.2, 0.25) is 0 Å². The summed E-state index contributed by atoms with van der Waals surface area (Å²) in [5, 5.41) is 0. The average molecular weight is 216 g/mol. The molecule has 0 saturated heterocycles. The van der Waals surface area contributed by atoms with E-state index in [0.717, 1.165) is 17.8 Å². The van der Waals surface area contributed by atoms with Gasteiger partial charge in [-0.05, 0) is 24.1 Å². The van der Waals surface area contributed by atoms with Crippen molar-refractivity contribution in [3.8, 4) is 0 Å². The fourth-order valence-electron chi connectivity index (χ4n) is 1.76. The number of rotatable bonds is 3. The van der Waals surface area contributed by atoms with Gasteiger partial charge in [-0.15, -0.1) is 0 Å².